The first-order valence-corrected chi connectivity index (χ1v) is 11.6. The molecule has 0 radical (unpaired) electrons. The minimum atomic E-state index is -0.177. The van der Waals surface area contributed by atoms with Crippen molar-refractivity contribution in [3.63, 3.8) is 0 Å². The van der Waals surface area contributed by atoms with Crippen LogP contribution in [-0.2, 0) is 19.4 Å². The number of benzene rings is 2. The molecule has 2 aromatic carbocycles. The predicted octanol–water partition coefficient (Wildman–Crippen LogP) is 4.40. The normalized spacial score (nSPS) is 11.6. The maximum atomic E-state index is 13.3. The van der Waals surface area contributed by atoms with Crippen LogP contribution in [-0.4, -0.2) is 36.5 Å². The van der Waals surface area contributed by atoms with Gasteiger partial charge in [-0.15, -0.1) is 10.2 Å². The van der Waals surface area contributed by atoms with Crippen LogP contribution in [0, 0.1) is 0 Å². The van der Waals surface area contributed by atoms with Gasteiger partial charge in [0.15, 0.2) is 11.2 Å². The van der Waals surface area contributed by atoms with Crippen molar-refractivity contribution in [2.24, 2.45) is 0 Å². The van der Waals surface area contributed by atoms with E-state index in [1.165, 1.54) is 0 Å². The van der Waals surface area contributed by atoms with Gasteiger partial charge in [0.05, 0.1) is 18.4 Å². The molecule has 8 heteroatoms. The van der Waals surface area contributed by atoms with Gasteiger partial charge in [-0.2, -0.15) is 5.10 Å². The van der Waals surface area contributed by atoms with Gasteiger partial charge in [0.25, 0.3) is 5.56 Å². The zero-order valence-electron chi connectivity index (χ0n) is 19.5. The molecule has 0 aliphatic heterocycles. The minimum absolute atomic E-state index is 0.177. The molecule has 0 fully saturated rings. The SMILES string of the molecule is CCc1nn2c(nnc3c(=O)n(CCc4c[nH]c5ccc(OC)cc45)ccc32)c1-c1ccccc1. The van der Waals surface area contributed by atoms with Crippen LogP contribution < -0.4 is 10.3 Å². The van der Waals surface area contributed by atoms with E-state index in [0.717, 1.165) is 45.5 Å². The largest absolute Gasteiger partial charge is 0.497 e. The van der Waals surface area contributed by atoms with E-state index in [-0.39, 0.29) is 5.56 Å². The Labute approximate surface area is 200 Å². The molecular formula is C27H24N6O2. The van der Waals surface area contributed by atoms with Gasteiger partial charge in [0.2, 0.25) is 0 Å². The standard InChI is InChI=1S/C27H24N6O2/c1-3-21-24(17-7-5-4-6-8-17)26-30-29-25-23(33(26)31-21)12-14-32(27(25)34)13-11-18-16-28-22-10-9-19(35-2)15-20(18)22/h4-10,12,14-16,28H,3,11,13H2,1-2H3. The number of H-pyrrole nitrogens is 1. The number of nitrogens with zero attached hydrogens (tertiary/aromatic N) is 5. The molecule has 0 amide bonds. The summed E-state index contributed by atoms with van der Waals surface area (Å²) in [4.78, 5) is 16.6. The molecule has 0 aliphatic carbocycles. The quantitative estimate of drug-likeness (QED) is 0.395. The molecule has 1 N–H and O–H groups in total. The Kier molecular flexibility index (Phi) is 5.06. The van der Waals surface area contributed by atoms with E-state index >= 15 is 0 Å². The number of hydrogen-bond acceptors (Lipinski definition) is 5. The van der Waals surface area contributed by atoms with E-state index in [2.05, 4.69) is 22.1 Å². The molecule has 174 valence electrons. The van der Waals surface area contributed by atoms with E-state index in [1.54, 1.807) is 16.2 Å². The molecule has 0 atom stereocenters. The molecule has 0 spiro atoms. The topological polar surface area (TPSA) is 90.1 Å². The summed E-state index contributed by atoms with van der Waals surface area (Å²) in [6.45, 7) is 2.59. The third-order valence-electron chi connectivity index (χ3n) is 6.52. The van der Waals surface area contributed by atoms with Gasteiger partial charge < -0.3 is 14.3 Å². The van der Waals surface area contributed by atoms with Gasteiger partial charge in [0, 0.05) is 29.8 Å². The van der Waals surface area contributed by atoms with Crippen LogP contribution in [0.3, 0.4) is 0 Å². The first-order valence-electron chi connectivity index (χ1n) is 11.6. The number of methoxy groups -OCH3 is 1. The van der Waals surface area contributed by atoms with Crippen molar-refractivity contribution in [1.29, 1.82) is 0 Å². The van der Waals surface area contributed by atoms with Crippen LogP contribution in [0.25, 0.3) is 38.7 Å². The molecule has 8 nitrogen and oxygen atoms in total. The van der Waals surface area contributed by atoms with Crippen LogP contribution in [0.5, 0.6) is 5.75 Å². The van der Waals surface area contributed by atoms with E-state index in [9.17, 15) is 4.79 Å². The first-order chi connectivity index (χ1) is 17.2. The zero-order valence-corrected chi connectivity index (χ0v) is 19.5. The predicted molar refractivity (Wildman–Crippen MR) is 136 cm³/mol. The second-order valence-electron chi connectivity index (χ2n) is 8.50. The molecule has 0 saturated carbocycles. The number of ether oxygens (including phenoxy) is 1. The lowest BCUT2D eigenvalue weighted by molar-refractivity contribution is 0.415. The second kappa shape index (κ2) is 8.39. The number of nitrogens with one attached hydrogen (secondary N) is 1. The fraction of sp³-hybridized carbons (Fsp3) is 0.185. The third kappa shape index (κ3) is 3.45. The molecular weight excluding hydrogens is 440 g/mol. The summed E-state index contributed by atoms with van der Waals surface area (Å²) in [5.41, 5.74) is 6.54. The lowest BCUT2D eigenvalue weighted by atomic mass is 10.0. The molecule has 6 rings (SSSR count). The smallest absolute Gasteiger partial charge is 0.280 e. The van der Waals surface area contributed by atoms with Gasteiger partial charge in [0.1, 0.15) is 11.3 Å². The molecule has 0 saturated heterocycles. The van der Waals surface area contributed by atoms with Crippen LogP contribution in [0.15, 0.2) is 71.8 Å². The Morgan fingerprint density at radius 2 is 1.91 bits per heavy atom. The van der Waals surface area contributed by atoms with Crippen molar-refractivity contribution in [1.82, 2.24) is 29.4 Å². The van der Waals surface area contributed by atoms with E-state index in [4.69, 9.17) is 9.84 Å². The highest BCUT2D eigenvalue weighted by Gasteiger charge is 2.18. The summed E-state index contributed by atoms with van der Waals surface area (Å²) in [6, 6.07) is 17.9. The van der Waals surface area contributed by atoms with Crippen LogP contribution in [0.2, 0.25) is 0 Å². The average molecular weight is 465 g/mol. The number of aromatic amines is 1. The molecule has 0 bridgehead atoms. The Hall–Kier alpha value is -4.46. The lowest BCUT2D eigenvalue weighted by Crippen LogP contribution is -2.22. The number of fused-ring (bicyclic) bond motifs is 4. The maximum absolute atomic E-state index is 13.3. The van der Waals surface area contributed by atoms with Crippen molar-refractivity contribution in [2.75, 3.05) is 7.11 Å². The van der Waals surface area contributed by atoms with Crippen LogP contribution in [0.1, 0.15) is 18.2 Å². The zero-order chi connectivity index (χ0) is 23.9. The van der Waals surface area contributed by atoms with Gasteiger partial charge in [-0.05, 0) is 48.2 Å². The van der Waals surface area contributed by atoms with Crippen molar-refractivity contribution >= 4 is 27.6 Å². The molecule has 0 unspecified atom stereocenters. The van der Waals surface area contributed by atoms with Crippen molar-refractivity contribution in [3.8, 4) is 16.9 Å². The summed E-state index contributed by atoms with van der Waals surface area (Å²) < 4.78 is 8.80. The maximum Gasteiger partial charge on any atom is 0.280 e. The Morgan fingerprint density at radius 3 is 2.71 bits per heavy atom. The van der Waals surface area contributed by atoms with E-state index in [0.29, 0.717) is 29.6 Å². The highest BCUT2D eigenvalue weighted by Crippen LogP contribution is 2.29. The van der Waals surface area contributed by atoms with Gasteiger partial charge in [-0.1, -0.05) is 37.3 Å². The third-order valence-corrected chi connectivity index (χ3v) is 6.52. The monoisotopic (exact) mass is 464 g/mol. The molecule has 4 aromatic heterocycles. The Balaban J connectivity index is 1.39. The molecule has 35 heavy (non-hydrogen) atoms. The van der Waals surface area contributed by atoms with Gasteiger partial charge >= 0.3 is 0 Å². The second-order valence-corrected chi connectivity index (χ2v) is 8.50. The van der Waals surface area contributed by atoms with Crippen molar-refractivity contribution in [3.05, 3.63) is 88.6 Å². The van der Waals surface area contributed by atoms with E-state index in [1.807, 2.05) is 67.0 Å². The molecule has 4 heterocycles. The van der Waals surface area contributed by atoms with E-state index < -0.39 is 0 Å². The fourth-order valence-corrected chi connectivity index (χ4v) is 4.68. The number of rotatable bonds is 6. The molecule has 6 aromatic rings. The van der Waals surface area contributed by atoms with Crippen LogP contribution in [0.4, 0.5) is 0 Å². The summed E-state index contributed by atoms with van der Waals surface area (Å²) in [7, 11) is 1.66. The summed E-state index contributed by atoms with van der Waals surface area (Å²) in [5, 5.41) is 14.7. The highest BCUT2D eigenvalue weighted by atomic mass is 16.5. The van der Waals surface area contributed by atoms with Gasteiger partial charge in [-0.25, -0.2) is 4.52 Å². The first kappa shape index (κ1) is 21.1. The highest BCUT2D eigenvalue weighted by molar-refractivity contribution is 5.85. The number of aryl methyl sites for hydroxylation is 3. The number of hydrogen-bond donors (Lipinski definition) is 1. The number of aromatic nitrogens is 6. The van der Waals surface area contributed by atoms with Gasteiger partial charge in [-0.3, -0.25) is 4.79 Å². The summed E-state index contributed by atoms with van der Waals surface area (Å²) >= 11 is 0. The van der Waals surface area contributed by atoms with Crippen molar-refractivity contribution in [2.45, 2.75) is 26.3 Å². The fourth-order valence-electron chi connectivity index (χ4n) is 4.68. The average Bonchev–Trinajstić information content (AvgIpc) is 3.49. The van der Waals surface area contributed by atoms with Crippen LogP contribution >= 0.6 is 0 Å². The molecule has 0 aliphatic rings. The summed E-state index contributed by atoms with van der Waals surface area (Å²) in [5.74, 6) is 0.807. The number of pyridine rings is 1. The Morgan fingerprint density at radius 1 is 1.06 bits per heavy atom. The summed E-state index contributed by atoms with van der Waals surface area (Å²) in [6.07, 6.45) is 5.24. The minimum Gasteiger partial charge on any atom is -0.497 e. The lowest BCUT2D eigenvalue weighted by Gasteiger charge is -2.08. The Bertz CT molecular complexity index is 1750. The van der Waals surface area contributed by atoms with Crippen molar-refractivity contribution < 1.29 is 4.74 Å².